The number of nitrogens with one attached hydrogen (secondary N) is 3. The number of carbonyl (C=O) groups is 2. The first-order chi connectivity index (χ1) is 19.1. The minimum atomic E-state index is -3.96. The molecule has 1 aromatic carbocycles. The fourth-order valence-corrected chi connectivity index (χ4v) is 5.18. The molecule has 40 heavy (non-hydrogen) atoms. The van der Waals surface area contributed by atoms with Crippen LogP contribution in [0.1, 0.15) is 48.9 Å². The van der Waals surface area contributed by atoms with Gasteiger partial charge < -0.3 is 35.6 Å². The van der Waals surface area contributed by atoms with Crippen molar-refractivity contribution in [3.63, 3.8) is 0 Å². The van der Waals surface area contributed by atoms with Crippen LogP contribution in [-0.4, -0.2) is 90.7 Å². The maximum Gasteiger partial charge on any atom is 0.376 e. The Morgan fingerprint density at radius 3 is 2.50 bits per heavy atom. The number of likely N-dealkylation sites (tertiary alicyclic amines) is 1. The summed E-state index contributed by atoms with van der Waals surface area (Å²) in [5.74, 6) is -5.66. The number of halogens is 2. The zero-order valence-corrected chi connectivity index (χ0v) is 23.0. The van der Waals surface area contributed by atoms with Gasteiger partial charge in [0.05, 0.1) is 31.2 Å². The standard InChI is InChI=1S/C27H37F2N7O4/c1-30-21-15-31-26(34-23(21)36(19-6-4-5-7-19)16-27(28,29)25(38)39)33-20-9-8-17(14-22(20)40-3)24(37)32-18-10-12-35(2)13-11-18/h8-9,14-15,18-19,30H,4-7,10-13,16H2,1-3H3,(H,32,37)(H,38,39)(H,31,33,34). The van der Waals surface area contributed by atoms with Crippen molar-refractivity contribution in [1.82, 2.24) is 20.2 Å². The number of piperidine rings is 1. The van der Waals surface area contributed by atoms with Crippen LogP contribution in [0, 0.1) is 0 Å². The lowest BCUT2D eigenvalue weighted by Crippen LogP contribution is -2.47. The van der Waals surface area contributed by atoms with Gasteiger partial charge in [-0.2, -0.15) is 13.8 Å². The van der Waals surface area contributed by atoms with E-state index in [2.05, 4.69) is 37.9 Å². The fraction of sp³-hybridized carbons (Fsp3) is 0.556. The minimum Gasteiger partial charge on any atom is -0.495 e. The molecule has 2 aromatic rings. The van der Waals surface area contributed by atoms with Crippen LogP contribution in [0.25, 0.3) is 0 Å². The maximum atomic E-state index is 14.4. The second kappa shape index (κ2) is 12.6. The quantitative estimate of drug-likeness (QED) is 0.323. The average molecular weight is 562 g/mol. The molecule has 1 saturated heterocycles. The van der Waals surface area contributed by atoms with Crippen molar-refractivity contribution >= 4 is 35.0 Å². The summed E-state index contributed by atoms with van der Waals surface area (Å²) in [5.41, 5.74) is 1.31. The molecule has 0 bridgehead atoms. The number of ether oxygens (including phenoxy) is 1. The van der Waals surface area contributed by atoms with E-state index >= 15 is 0 Å². The van der Waals surface area contributed by atoms with Gasteiger partial charge in [-0.15, -0.1) is 0 Å². The zero-order chi connectivity index (χ0) is 28.9. The molecule has 0 radical (unpaired) electrons. The number of carbonyl (C=O) groups excluding carboxylic acids is 1. The molecule has 0 spiro atoms. The van der Waals surface area contributed by atoms with Crippen molar-refractivity contribution in [3.05, 3.63) is 30.0 Å². The lowest BCUT2D eigenvalue weighted by molar-refractivity contribution is -0.163. The van der Waals surface area contributed by atoms with E-state index in [-0.39, 0.29) is 29.8 Å². The molecule has 1 aliphatic carbocycles. The molecule has 11 nitrogen and oxygen atoms in total. The van der Waals surface area contributed by atoms with E-state index in [9.17, 15) is 18.4 Å². The highest BCUT2D eigenvalue weighted by molar-refractivity contribution is 5.95. The summed E-state index contributed by atoms with van der Waals surface area (Å²) in [5, 5.41) is 18.2. The van der Waals surface area contributed by atoms with E-state index in [1.807, 2.05) is 0 Å². The highest BCUT2D eigenvalue weighted by Crippen LogP contribution is 2.35. The molecule has 13 heteroatoms. The number of carboxylic acid groups (broad SMARTS) is 1. The SMILES string of the molecule is CNc1cnc(Nc2ccc(C(=O)NC3CCN(C)CC3)cc2OC)nc1N(CC(F)(F)C(=O)O)C1CCCC1. The summed E-state index contributed by atoms with van der Waals surface area (Å²) in [7, 11) is 5.16. The Balaban J connectivity index is 1.57. The molecule has 1 amide bonds. The number of alkyl halides is 2. The van der Waals surface area contributed by atoms with Gasteiger partial charge in [0.15, 0.2) is 5.82 Å². The number of hydrogen-bond donors (Lipinski definition) is 4. The first-order valence-electron chi connectivity index (χ1n) is 13.5. The molecule has 2 heterocycles. The molecule has 4 N–H and O–H groups in total. The van der Waals surface area contributed by atoms with Gasteiger partial charge >= 0.3 is 11.9 Å². The molecule has 4 rings (SSSR count). The zero-order valence-electron chi connectivity index (χ0n) is 23.0. The molecule has 1 saturated carbocycles. The number of methoxy groups -OCH3 is 1. The Hall–Kier alpha value is -3.74. The van der Waals surface area contributed by atoms with Crippen LogP contribution >= 0.6 is 0 Å². The Labute approximate surface area is 232 Å². The highest BCUT2D eigenvalue weighted by atomic mass is 19.3. The molecule has 2 aliphatic rings. The highest BCUT2D eigenvalue weighted by Gasteiger charge is 2.43. The van der Waals surface area contributed by atoms with Gasteiger partial charge in [-0.1, -0.05) is 12.8 Å². The topological polar surface area (TPSA) is 132 Å². The van der Waals surface area contributed by atoms with E-state index in [0.717, 1.165) is 38.8 Å². The summed E-state index contributed by atoms with van der Waals surface area (Å²) >= 11 is 0. The van der Waals surface area contributed by atoms with Gasteiger partial charge in [0.1, 0.15) is 5.75 Å². The third-order valence-corrected chi connectivity index (χ3v) is 7.52. The summed E-state index contributed by atoms with van der Waals surface area (Å²) < 4.78 is 34.3. The number of carboxylic acids is 1. The molecule has 0 atom stereocenters. The van der Waals surface area contributed by atoms with Crippen molar-refractivity contribution in [3.8, 4) is 5.75 Å². The van der Waals surface area contributed by atoms with E-state index in [0.29, 0.717) is 35.5 Å². The third-order valence-electron chi connectivity index (χ3n) is 7.52. The predicted molar refractivity (Wildman–Crippen MR) is 148 cm³/mol. The Morgan fingerprint density at radius 2 is 1.88 bits per heavy atom. The summed E-state index contributed by atoms with van der Waals surface area (Å²) in [6, 6.07) is 4.78. The summed E-state index contributed by atoms with van der Waals surface area (Å²) in [6.45, 7) is 0.845. The predicted octanol–water partition coefficient (Wildman–Crippen LogP) is 3.56. The second-order valence-corrected chi connectivity index (χ2v) is 10.3. The minimum absolute atomic E-state index is 0.109. The number of nitrogens with zero attached hydrogens (tertiary/aromatic N) is 4. The Kier molecular flexibility index (Phi) is 9.23. The summed E-state index contributed by atoms with van der Waals surface area (Å²) in [6.07, 6.45) is 6.26. The normalized spacial score (nSPS) is 16.9. The van der Waals surface area contributed by atoms with Crippen LogP contribution in [-0.2, 0) is 4.79 Å². The number of aliphatic carboxylic acids is 1. The van der Waals surface area contributed by atoms with Crippen LogP contribution in [0.2, 0.25) is 0 Å². The molecule has 2 fully saturated rings. The third kappa shape index (κ3) is 6.87. The van der Waals surface area contributed by atoms with Crippen LogP contribution < -0.4 is 25.6 Å². The van der Waals surface area contributed by atoms with Gasteiger partial charge in [-0.25, -0.2) is 9.78 Å². The van der Waals surface area contributed by atoms with E-state index in [1.165, 1.54) is 18.2 Å². The van der Waals surface area contributed by atoms with Crippen LogP contribution in [0.4, 0.5) is 31.9 Å². The first-order valence-corrected chi connectivity index (χ1v) is 13.5. The average Bonchev–Trinajstić information content (AvgIpc) is 3.48. The largest absolute Gasteiger partial charge is 0.495 e. The van der Waals surface area contributed by atoms with Gasteiger partial charge in [-0.3, -0.25) is 4.79 Å². The maximum absolute atomic E-state index is 14.4. The molecule has 1 aliphatic heterocycles. The van der Waals surface area contributed by atoms with Crippen LogP contribution in [0.5, 0.6) is 5.75 Å². The summed E-state index contributed by atoms with van der Waals surface area (Å²) in [4.78, 5) is 36.5. The lowest BCUT2D eigenvalue weighted by Gasteiger charge is -2.33. The molecule has 0 unspecified atom stereocenters. The smallest absolute Gasteiger partial charge is 0.376 e. The van der Waals surface area contributed by atoms with Crippen LogP contribution in [0.15, 0.2) is 24.4 Å². The first kappa shape index (κ1) is 29.2. The molecule has 1 aromatic heterocycles. The second-order valence-electron chi connectivity index (χ2n) is 10.3. The Bertz CT molecular complexity index is 1200. The number of aromatic nitrogens is 2. The molecular weight excluding hydrogens is 524 g/mol. The van der Waals surface area contributed by atoms with Gasteiger partial charge in [0, 0.05) is 24.7 Å². The Morgan fingerprint density at radius 1 is 1.18 bits per heavy atom. The van der Waals surface area contributed by atoms with Crippen molar-refractivity contribution in [2.45, 2.75) is 56.5 Å². The van der Waals surface area contributed by atoms with E-state index < -0.39 is 18.4 Å². The number of benzene rings is 1. The lowest BCUT2D eigenvalue weighted by atomic mass is 10.0. The fourth-order valence-electron chi connectivity index (χ4n) is 5.18. The van der Waals surface area contributed by atoms with Crippen molar-refractivity contribution in [1.29, 1.82) is 0 Å². The van der Waals surface area contributed by atoms with Gasteiger partial charge in [0.25, 0.3) is 5.91 Å². The number of amides is 1. The van der Waals surface area contributed by atoms with Gasteiger partial charge in [-0.05, 0) is 64.0 Å². The monoisotopic (exact) mass is 561 g/mol. The molecular formula is C27H37F2N7O4. The van der Waals surface area contributed by atoms with Crippen molar-refractivity contribution < 1.29 is 28.2 Å². The molecule has 218 valence electrons. The number of rotatable bonds is 11. The van der Waals surface area contributed by atoms with Crippen molar-refractivity contribution in [2.75, 3.05) is 56.4 Å². The number of hydrogen-bond acceptors (Lipinski definition) is 9. The van der Waals surface area contributed by atoms with Gasteiger partial charge in [0.2, 0.25) is 5.95 Å². The van der Waals surface area contributed by atoms with E-state index in [4.69, 9.17) is 9.84 Å². The van der Waals surface area contributed by atoms with E-state index in [1.54, 1.807) is 25.2 Å². The van der Waals surface area contributed by atoms with Crippen molar-refractivity contribution in [2.24, 2.45) is 0 Å². The number of anilines is 4. The van der Waals surface area contributed by atoms with Crippen LogP contribution in [0.3, 0.4) is 0 Å².